The van der Waals surface area contributed by atoms with E-state index in [1.54, 1.807) is 0 Å². The first-order valence-corrected chi connectivity index (χ1v) is 5.76. The molecular formula is C12H15ClN2O. The second-order valence-corrected chi connectivity index (χ2v) is 5.28. The van der Waals surface area contributed by atoms with E-state index in [-0.39, 0.29) is 16.9 Å². The number of nitrogens with zero attached hydrogens (tertiary/aromatic N) is 1. The molecule has 2 aliphatic heterocycles. The van der Waals surface area contributed by atoms with E-state index in [9.17, 15) is 0 Å². The van der Waals surface area contributed by atoms with Gasteiger partial charge in [-0.15, -0.1) is 0 Å². The molecule has 0 aliphatic carbocycles. The number of hydrogen-bond acceptors (Lipinski definition) is 3. The highest BCUT2D eigenvalue weighted by atomic mass is 35.5. The second-order valence-electron chi connectivity index (χ2n) is 4.94. The summed E-state index contributed by atoms with van der Waals surface area (Å²) in [6.45, 7) is 6.98. The standard InChI is InChI=1S/C12H15ClN2O/c1-7-10-6-15-12(2,3)4-8(10)9(5-14)11(13)16-7/h7,15H,4,6H2,1-3H3. The number of ether oxygens (including phenoxy) is 1. The molecule has 0 radical (unpaired) electrons. The number of halogens is 1. The summed E-state index contributed by atoms with van der Waals surface area (Å²) in [5.74, 6) is 0. The molecule has 0 saturated carbocycles. The van der Waals surface area contributed by atoms with Crippen LogP contribution in [0.4, 0.5) is 0 Å². The van der Waals surface area contributed by atoms with Crippen LogP contribution in [0.25, 0.3) is 0 Å². The molecule has 86 valence electrons. The lowest BCUT2D eigenvalue weighted by Gasteiger charge is -2.38. The third-order valence-corrected chi connectivity index (χ3v) is 3.42. The van der Waals surface area contributed by atoms with Gasteiger partial charge in [-0.1, -0.05) is 0 Å². The first kappa shape index (κ1) is 11.5. The SMILES string of the molecule is CC1OC(Cl)=C(C#N)C2=C1CNC(C)(C)C2. The van der Waals surface area contributed by atoms with Crippen molar-refractivity contribution in [2.24, 2.45) is 0 Å². The Hall–Kier alpha value is -0.980. The van der Waals surface area contributed by atoms with Gasteiger partial charge in [-0.3, -0.25) is 0 Å². The quantitative estimate of drug-likeness (QED) is 0.705. The Kier molecular flexibility index (Phi) is 2.73. The summed E-state index contributed by atoms with van der Waals surface area (Å²) in [5.41, 5.74) is 2.73. The molecule has 1 unspecified atom stereocenters. The predicted molar refractivity (Wildman–Crippen MR) is 62.8 cm³/mol. The highest BCUT2D eigenvalue weighted by molar-refractivity contribution is 6.29. The third kappa shape index (κ3) is 1.83. The molecule has 3 nitrogen and oxygen atoms in total. The van der Waals surface area contributed by atoms with Crippen LogP contribution in [0.1, 0.15) is 27.2 Å². The molecule has 0 aromatic carbocycles. The van der Waals surface area contributed by atoms with Gasteiger partial charge in [0.15, 0.2) is 0 Å². The van der Waals surface area contributed by atoms with Crippen LogP contribution in [0, 0.1) is 11.3 Å². The van der Waals surface area contributed by atoms with Gasteiger partial charge in [-0.25, -0.2) is 0 Å². The minimum Gasteiger partial charge on any atom is -0.474 e. The molecule has 1 N–H and O–H groups in total. The summed E-state index contributed by atoms with van der Waals surface area (Å²) in [6, 6.07) is 2.15. The van der Waals surface area contributed by atoms with E-state index in [4.69, 9.17) is 21.6 Å². The molecule has 0 bridgehead atoms. The number of nitrogens with one attached hydrogen (secondary N) is 1. The molecule has 0 aromatic heterocycles. The minimum absolute atomic E-state index is 0.00909. The lowest BCUT2D eigenvalue weighted by molar-refractivity contribution is 0.163. The van der Waals surface area contributed by atoms with E-state index in [2.05, 4.69) is 25.2 Å². The first-order valence-electron chi connectivity index (χ1n) is 5.38. The average Bonchev–Trinajstić information content (AvgIpc) is 2.16. The Bertz CT molecular complexity index is 429. The summed E-state index contributed by atoms with van der Waals surface area (Å²) in [7, 11) is 0. The molecule has 0 aromatic rings. The van der Waals surface area contributed by atoms with E-state index < -0.39 is 0 Å². The van der Waals surface area contributed by atoms with Crippen LogP contribution in [0.2, 0.25) is 0 Å². The van der Waals surface area contributed by atoms with Crippen molar-refractivity contribution in [2.45, 2.75) is 38.8 Å². The third-order valence-electron chi connectivity index (χ3n) is 3.14. The topological polar surface area (TPSA) is 45.0 Å². The summed E-state index contributed by atoms with van der Waals surface area (Å²) in [4.78, 5) is 0. The van der Waals surface area contributed by atoms with Gasteiger partial charge >= 0.3 is 0 Å². The molecule has 2 rings (SSSR count). The van der Waals surface area contributed by atoms with Gasteiger partial charge in [-0.2, -0.15) is 5.26 Å². The Morgan fingerprint density at radius 3 is 2.88 bits per heavy atom. The number of allylic oxidation sites excluding steroid dienone is 1. The van der Waals surface area contributed by atoms with Gasteiger partial charge in [0.2, 0.25) is 5.22 Å². The van der Waals surface area contributed by atoms with E-state index in [0.29, 0.717) is 5.57 Å². The molecule has 2 heterocycles. The molecule has 0 fully saturated rings. The zero-order chi connectivity index (χ0) is 11.9. The Morgan fingerprint density at radius 1 is 1.56 bits per heavy atom. The van der Waals surface area contributed by atoms with Crippen LogP contribution < -0.4 is 5.32 Å². The van der Waals surface area contributed by atoms with E-state index in [1.165, 1.54) is 0 Å². The molecule has 0 saturated heterocycles. The molecule has 4 heteroatoms. The zero-order valence-corrected chi connectivity index (χ0v) is 10.5. The fourth-order valence-electron chi connectivity index (χ4n) is 2.21. The van der Waals surface area contributed by atoms with Crippen LogP contribution in [-0.2, 0) is 4.74 Å². The maximum atomic E-state index is 9.13. The first-order chi connectivity index (χ1) is 7.44. The Labute approximate surface area is 101 Å². The number of nitriles is 1. The molecular weight excluding hydrogens is 224 g/mol. The highest BCUT2D eigenvalue weighted by Crippen LogP contribution is 2.37. The second kappa shape index (κ2) is 3.80. The van der Waals surface area contributed by atoms with Crippen LogP contribution in [-0.4, -0.2) is 18.2 Å². The van der Waals surface area contributed by atoms with Crippen LogP contribution >= 0.6 is 11.6 Å². The fourth-order valence-corrected chi connectivity index (χ4v) is 2.50. The minimum atomic E-state index is -0.0387. The Morgan fingerprint density at radius 2 is 2.25 bits per heavy atom. The summed E-state index contributed by atoms with van der Waals surface area (Å²) >= 11 is 5.97. The molecule has 16 heavy (non-hydrogen) atoms. The van der Waals surface area contributed by atoms with Crippen molar-refractivity contribution in [1.82, 2.24) is 5.32 Å². The zero-order valence-electron chi connectivity index (χ0n) is 9.72. The van der Waals surface area contributed by atoms with Gasteiger partial charge < -0.3 is 10.1 Å². The molecule has 0 spiro atoms. The van der Waals surface area contributed by atoms with Crippen molar-refractivity contribution in [3.05, 3.63) is 21.9 Å². The van der Waals surface area contributed by atoms with Crippen molar-refractivity contribution in [1.29, 1.82) is 5.26 Å². The highest BCUT2D eigenvalue weighted by Gasteiger charge is 2.35. The van der Waals surface area contributed by atoms with Gasteiger partial charge in [0.1, 0.15) is 17.7 Å². The fraction of sp³-hybridized carbons (Fsp3) is 0.583. The lowest BCUT2D eigenvalue weighted by atomic mass is 9.82. The van der Waals surface area contributed by atoms with E-state index in [1.807, 2.05) is 6.92 Å². The normalized spacial score (nSPS) is 28.3. The largest absolute Gasteiger partial charge is 0.474 e. The smallest absolute Gasteiger partial charge is 0.206 e. The molecule has 0 amide bonds. The Balaban J connectivity index is 2.47. The van der Waals surface area contributed by atoms with Crippen molar-refractivity contribution in [3.63, 3.8) is 0 Å². The monoisotopic (exact) mass is 238 g/mol. The van der Waals surface area contributed by atoms with Crippen molar-refractivity contribution < 1.29 is 4.74 Å². The van der Waals surface area contributed by atoms with Gasteiger partial charge in [0.25, 0.3) is 0 Å². The summed E-state index contributed by atoms with van der Waals surface area (Å²) < 4.78 is 5.45. The number of rotatable bonds is 0. The van der Waals surface area contributed by atoms with Crippen molar-refractivity contribution in [2.75, 3.05) is 6.54 Å². The maximum absolute atomic E-state index is 9.13. The number of hydrogen-bond donors (Lipinski definition) is 1. The van der Waals surface area contributed by atoms with E-state index in [0.717, 1.165) is 24.1 Å². The van der Waals surface area contributed by atoms with Gasteiger partial charge in [0.05, 0.1) is 0 Å². The average molecular weight is 239 g/mol. The predicted octanol–water partition coefficient (Wildman–Crippen LogP) is 2.45. The lowest BCUT2D eigenvalue weighted by Crippen LogP contribution is -2.47. The maximum Gasteiger partial charge on any atom is 0.206 e. The molecule has 2 aliphatic rings. The van der Waals surface area contributed by atoms with Crippen molar-refractivity contribution >= 4 is 11.6 Å². The van der Waals surface area contributed by atoms with Gasteiger partial charge in [0, 0.05) is 12.1 Å². The van der Waals surface area contributed by atoms with Crippen molar-refractivity contribution in [3.8, 4) is 6.07 Å². The van der Waals surface area contributed by atoms with Crippen LogP contribution in [0.5, 0.6) is 0 Å². The summed E-state index contributed by atoms with van der Waals surface area (Å²) in [6.07, 6.45) is 0.776. The van der Waals surface area contributed by atoms with E-state index >= 15 is 0 Å². The summed E-state index contributed by atoms with van der Waals surface area (Å²) in [5, 5.41) is 12.8. The van der Waals surface area contributed by atoms with Crippen LogP contribution in [0.15, 0.2) is 21.9 Å². The molecule has 1 atom stereocenters. The van der Waals surface area contributed by atoms with Crippen LogP contribution in [0.3, 0.4) is 0 Å². The van der Waals surface area contributed by atoms with Gasteiger partial charge in [-0.05, 0) is 49.9 Å².